The van der Waals surface area contributed by atoms with Crippen molar-refractivity contribution in [2.45, 2.75) is 54.4 Å². The Morgan fingerprint density at radius 3 is 2.35 bits per heavy atom. The van der Waals surface area contributed by atoms with E-state index < -0.39 is 28.5 Å². The molecule has 52 heavy (non-hydrogen) atoms. The van der Waals surface area contributed by atoms with Gasteiger partial charge in [-0.1, -0.05) is 84.9 Å². The number of amides is 4. The standard InChI is InChI=1S/C41H40N6O5/c1-42-32(48)22-41(40-20-21-46(38(51)52-3)37(40)47(24-25-12-5-4-6-13-25)31-19-10-8-15-27(31)40)29-17-11-16-28(34(29)44-36(41)50)39-23-33(49)45(2)35(39)43-30-18-9-7-14-26(30)39/h4-19,35,37,43H,20-24H2,1-3H3,(H,42,48)(H,44,50)/t35-,37-,39-,40-,41+/m1/s1. The first-order valence-corrected chi connectivity index (χ1v) is 17.8. The van der Waals surface area contributed by atoms with Crippen LogP contribution in [-0.4, -0.2) is 73.7 Å². The minimum atomic E-state index is -1.46. The summed E-state index contributed by atoms with van der Waals surface area (Å²) in [5, 5.41) is 9.76. The third-order valence-corrected chi connectivity index (χ3v) is 12.6. The molecule has 4 amide bonds. The van der Waals surface area contributed by atoms with Crippen LogP contribution < -0.4 is 20.9 Å². The van der Waals surface area contributed by atoms with E-state index in [0.29, 0.717) is 30.8 Å². The molecule has 0 bridgehead atoms. The second kappa shape index (κ2) is 11.3. The quantitative estimate of drug-likeness (QED) is 0.268. The fourth-order valence-corrected chi connectivity index (χ4v) is 10.5. The summed E-state index contributed by atoms with van der Waals surface area (Å²) < 4.78 is 5.40. The van der Waals surface area contributed by atoms with Crippen LogP contribution in [0.15, 0.2) is 97.1 Å². The van der Waals surface area contributed by atoms with Crippen molar-refractivity contribution in [3.8, 4) is 0 Å². The molecule has 11 heteroatoms. The molecule has 4 aromatic rings. The van der Waals surface area contributed by atoms with Crippen LogP contribution >= 0.6 is 0 Å². The highest BCUT2D eigenvalue weighted by atomic mass is 16.5. The van der Waals surface area contributed by atoms with E-state index in [9.17, 15) is 14.4 Å². The Labute approximate surface area is 301 Å². The van der Waals surface area contributed by atoms with E-state index in [1.54, 1.807) is 16.8 Å². The van der Waals surface area contributed by atoms with Crippen molar-refractivity contribution in [3.05, 3.63) is 125 Å². The molecule has 4 aromatic carbocycles. The van der Waals surface area contributed by atoms with Crippen LogP contribution in [0.25, 0.3) is 0 Å². The first-order valence-electron chi connectivity index (χ1n) is 17.8. The summed E-state index contributed by atoms with van der Waals surface area (Å²) in [4.78, 5) is 62.4. The van der Waals surface area contributed by atoms with E-state index in [2.05, 4.69) is 26.9 Å². The number of ether oxygens (including phenoxy) is 1. The number of carbonyl (C=O) groups excluding carboxylic acids is 4. The van der Waals surface area contributed by atoms with Crippen molar-refractivity contribution in [1.82, 2.24) is 15.1 Å². The molecular formula is C41H40N6O5. The van der Waals surface area contributed by atoms with Crippen LogP contribution in [0.5, 0.6) is 0 Å². The van der Waals surface area contributed by atoms with Crippen molar-refractivity contribution in [3.63, 3.8) is 0 Å². The number of carbonyl (C=O) groups is 4. The number of benzene rings is 4. The van der Waals surface area contributed by atoms with Gasteiger partial charge in [0.1, 0.15) is 12.3 Å². The average molecular weight is 697 g/mol. The van der Waals surface area contributed by atoms with Crippen LogP contribution in [0.4, 0.5) is 21.9 Å². The lowest BCUT2D eigenvalue weighted by molar-refractivity contribution is -0.131. The van der Waals surface area contributed by atoms with Gasteiger partial charge in [0.25, 0.3) is 0 Å². The van der Waals surface area contributed by atoms with Gasteiger partial charge >= 0.3 is 6.09 Å². The number of anilines is 3. The monoisotopic (exact) mass is 696 g/mol. The second-order valence-corrected chi connectivity index (χ2v) is 14.6. The molecule has 0 saturated carbocycles. The van der Waals surface area contributed by atoms with Crippen LogP contribution in [0.1, 0.15) is 47.1 Å². The van der Waals surface area contributed by atoms with Gasteiger partial charge < -0.3 is 30.5 Å². The molecule has 264 valence electrons. The Kier molecular flexibility index (Phi) is 6.99. The molecule has 9 rings (SSSR count). The molecule has 5 aliphatic heterocycles. The maximum Gasteiger partial charge on any atom is 0.411 e. The summed E-state index contributed by atoms with van der Waals surface area (Å²) in [5.41, 5.74) is 3.55. The first-order chi connectivity index (χ1) is 25.2. The van der Waals surface area contributed by atoms with Gasteiger partial charge in [0.2, 0.25) is 17.7 Å². The summed E-state index contributed by atoms with van der Waals surface area (Å²) in [6, 6.07) is 32.0. The fourth-order valence-electron chi connectivity index (χ4n) is 10.5. The van der Waals surface area contributed by atoms with Crippen molar-refractivity contribution >= 4 is 40.9 Å². The molecule has 0 radical (unpaired) electrons. The van der Waals surface area contributed by atoms with Gasteiger partial charge in [-0.2, -0.15) is 0 Å². The number of methoxy groups -OCH3 is 1. The Morgan fingerprint density at radius 2 is 1.58 bits per heavy atom. The number of likely N-dealkylation sites (tertiary alicyclic amines) is 2. The van der Waals surface area contributed by atoms with Crippen LogP contribution in [0, 0.1) is 0 Å². The lowest BCUT2D eigenvalue weighted by Crippen LogP contribution is -2.62. The van der Waals surface area contributed by atoms with Crippen molar-refractivity contribution in [2.75, 3.05) is 43.3 Å². The molecule has 11 nitrogen and oxygen atoms in total. The minimum absolute atomic E-state index is 0.00463. The summed E-state index contributed by atoms with van der Waals surface area (Å²) in [6.07, 6.45) is -1.08. The number of fused-ring (bicyclic) bond motifs is 7. The third-order valence-electron chi connectivity index (χ3n) is 12.6. The van der Waals surface area contributed by atoms with Gasteiger partial charge in [0.05, 0.1) is 23.4 Å². The average Bonchev–Trinajstić information content (AvgIpc) is 3.93. The van der Waals surface area contributed by atoms with E-state index in [1.165, 1.54) is 7.11 Å². The molecular weight excluding hydrogens is 656 g/mol. The number of nitrogens with one attached hydrogen (secondary N) is 3. The van der Waals surface area contributed by atoms with Gasteiger partial charge in [-0.3, -0.25) is 19.3 Å². The number of rotatable bonds is 6. The Hall–Kier alpha value is -5.84. The summed E-state index contributed by atoms with van der Waals surface area (Å²) in [7, 11) is 4.77. The molecule has 0 aromatic heterocycles. The second-order valence-electron chi connectivity index (χ2n) is 14.6. The van der Waals surface area contributed by atoms with Crippen LogP contribution in [-0.2, 0) is 41.9 Å². The highest BCUT2D eigenvalue weighted by Gasteiger charge is 2.73. The molecule has 5 atom stereocenters. The predicted octanol–water partition coefficient (Wildman–Crippen LogP) is 4.67. The number of likely N-dealkylation sites (N-methyl/N-ethyl adjacent to an activating group) is 1. The molecule has 2 fully saturated rings. The van der Waals surface area contributed by atoms with E-state index in [-0.39, 0.29) is 36.7 Å². The molecule has 3 N–H and O–H groups in total. The molecule has 2 saturated heterocycles. The molecule has 0 unspecified atom stereocenters. The zero-order valence-corrected chi connectivity index (χ0v) is 29.3. The largest absolute Gasteiger partial charge is 0.453 e. The zero-order chi connectivity index (χ0) is 36.0. The fraction of sp³-hybridized carbons (Fsp3) is 0.317. The molecule has 0 aliphatic carbocycles. The highest BCUT2D eigenvalue weighted by molar-refractivity contribution is 6.12. The van der Waals surface area contributed by atoms with Crippen LogP contribution in [0.2, 0.25) is 0 Å². The SMILES string of the molecule is CNC(=O)C[C@@]1([C@@]23CCN(C(=O)OC)[C@@H]2N(Cc2ccccc2)c2ccccc23)C(=O)Nc2c([C@]34CC(=O)N(C)[C@H]3Nc3ccccc34)cccc21. The van der Waals surface area contributed by atoms with Crippen LogP contribution in [0.3, 0.4) is 0 Å². The number of hydrogen-bond donors (Lipinski definition) is 3. The number of nitrogens with zero attached hydrogens (tertiary/aromatic N) is 3. The normalized spacial score (nSPS) is 27.7. The van der Waals surface area contributed by atoms with Gasteiger partial charge in [-0.05, 0) is 46.4 Å². The summed E-state index contributed by atoms with van der Waals surface area (Å²) in [6.45, 7) is 0.779. The van der Waals surface area contributed by atoms with Gasteiger partial charge in [0, 0.05) is 57.1 Å². The summed E-state index contributed by atoms with van der Waals surface area (Å²) >= 11 is 0. The highest BCUT2D eigenvalue weighted by Crippen LogP contribution is 2.66. The Bertz CT molecular complexity index is 2180. The van der Waals surface area contributed by atoms with Gasteiger partial charge in [-0.25, -0.2) is 4.79 Å². The Balaban J connectivity index is 1.32. The van der Waals surface area contributed by atoms with E-state index in [1.807, 2.05) is 98.0 Å². The van der Waals surface area contributed by atoms with Crippen molar-refractivity contribution in [1.29, 1.82) is 0 Å². The van der Waals surface area contributed by atoms with E-state index in [0.717, 1.165) is 33.6 Å². The number of para-hydroxylation sites is 3. The smallest absolute Gasteiger partial charge is 0.411 e. The molecule has 5 aliphatic rings. The molecule has 5 heterocycles. The van der Waals surface area contributed by atoms with Crippen molar-refractivity contribution in [2.24, 2.45) is 0 Å². The topological polar surface area (TPSA) is 123 Å². The van der Waals surface area contributed by atoms with Crippen molar-refractivity contribution < 1.29 is 23.9 Å². The third kappa shape index (κ3) is 3.90. The lowest BCUT2D eigenvalue weighted by atomic mass is 9.54. The Morgan fingerprint density at radius 1 is 0.885 bits per heavy atom. The lowest BCUT2D eigenvalue weighted by Gasteiger charge is -2.47. The van der Waals surface area contributed by atoms with E-state index in [4.69, 9.17) is 4.74 Å². The van der Waals surface area contributed by atoms with E-state index >= 15 is 4.79 Å². The predicted molar refractivity (Wildman–Crippen MR) is 196 cm³/mol. The van der Waals surface area contributed by atoms with Gasteiger partial charge in [-0.15, -0.1) is 0 Å². The van der Waals surface area contributed by atoms with Gasteiger partial charge in [0.15, 0.2) is 0 Å². The minimum Gasteiger partial charge on any atom is -0.453 e. The summed E-state index contributed by atoms with van der Waals surface area (Å²) in [5.74, 6) is -0.608. The first kappa shape index (κ1) is 32.1. The zero-order valence-electron chi connectivity index (χ0n) is 29.3. The maximum atomic E-state index is 15.4. The maximum absolute atomic E-state index is 15.4. The molecule has 0 spiro atoms. The number of hydrogen-bond acceptors (Lipinski definition) is 7.